The van der Waals surface area contributed by atoms with E-state index in [1.54, 1.807) is 28.7 Å². The Labute approximate surface area is 157 Å². The summed E-state index contributed by atoms with van der Waals surface area (Å²) in [6.45, 7) is 0. The van der Waals surface area contributed by atoms with E-state index in [1.807, 2.05) is 0 Å². The number of nitrogens with zero attached hydrogens (tertiary/aromatic N) is 1. The third kappa shape index (κ3) is 3.64. The molecule has 0 radical (unpaired) electrons. The van der Waals surface area contributed by atoms with Crippen LogP contribution < -0.4 is 5.32 Å². The fourth-order valence-electron chi connectivity index (χ4n) is 4.39. The van der Waals surface area contributed by atoms with Crippen molar-refractivity contribution in [1.29, 1.82) is 0 Å². The van der Waals surface area contributed by atoms with Gasteiger partial charge >= 0.3 is 0 Å². The highest BCUT2D eigenvalue weighted by Crippen LogP contribution is 2.37. The fourth-order valence-corrected chi connectivity index (χ4v) is 5.86. The highest BCUT2D eigenvalue weighted by atomic mass is 32.2. The third-order valence-electron chi connectivity index (χ3n) is 5.49. The first-order valence-corrected chi connectivity index (χ1v) is 10.9. The van der Waals surface area contributed by atoms with E-state index < -0.39 is 10.0 Å². The molecule has 0 saturated carbocycles. The van der Waals surface area contributed by atoms with Crippen molar-refractivity contribution in [2.24, 2.45) is 0 Å². The Balaban J connectivity index is 1.43. The second kappa shape index (κ2) is 6.76. The molecular weight excluding hydrogens is 369 g/mol. The van der Waals surface area contributed by atoms with Gasteiger partial charge in [0, 0.05) is 24.3 Å². The molecule has 2 saturated heterocycles. The summed E-state index contributed by atoms with van der Waals surface area (Å²) in [7, 11) is -3.21. The number of piperidine rings is 1. The molecule has 3 heterocycles. The average molecular weight is 391 g/mol. The molecular formula is C19H22FN3O3S. The number of rotatable bonds is 4. The van der Waals surface area contributed by atoms with Crippen molar-refractivity contribution in [1.82, 2.24) is 14.6 Å². The normalized spacial score (nSPS) is 25.5. The number of carbonyl (C=O) groups is 1. The molecule has 2 unspecified atom stereocenters. The minimum absolute atomic E-state index is 0.0255. The van der Waals surface area contributed by atoms with Crippen molar-refractivity contribution >= 4 is 15.9 Å². The van der Waals surface area contributed by atoms with Crippen LogP contribution in [0.3, 0.4) is 0 Å². The molecule has 2 N–H and O–H groups in total. The summed E-state index contributed by atoms with van der Waals surface area (Å²) >= 11 is 0. The first kappa shape index (κ1) is 18.2. The molecule has 8 heteroatoms. The second-order valence-electron chi connectivity index (χ2n) is 7.43. The lowest BCUT2D eigenvalue weighted by atomic mass is 9.99. The van der Waals surface area contributed by atoms with Crippen molar-refractivity contribution in [3.05, 3.63) is 48.0 Å². The van der Waals surface area contributed by atoms with Crippen LogP contribution in [0, 0.1) is 5.82 Å². The predicted octanol–water partition coefficient (Wildman–Crippen LogP) is 2.51. The second-order valence-corrected chi connectivity index (χ2v) is 9.32. The van der Waals surface area contributed by atoms with Gasteiger partial charge < -0.3 is 10.3 Å². The third-order valence-corrected chi connectivity index (χ3v) is 6.85. The van der Waals surface area contributed by atoms with Gasteiger partial charge in [-0.15, -0.1) is 0 Å². The van der Waals surface area contributed by atoms with Gasteiger partial charge in [-0.1, -0.05) is 12.1 Å². The number of carbonyl (C=O) groups excluding carboxylic acids is 1. The number of aromatic amines is 1. The molecule has 1 aromatic heterocycles. The smallest absolute Gasteiger partial charge is 0.267 e. The van der Waals surface area contributed by atoms with Crippen LogP contribution in [0.1, 0.15) is 36.2 Å². The number of aromatic nitrogens is 1. The highest BCUT2D eigenvalue weighted by molar-refractivity contribution is 7.88. The molecule has 2 aliphatic rings. The van der Waals surface area contributed by atoms with Gasteiger partial charge in [0.05, 0.1) is 6.26 Å². The zero-order valence-electron chi connectivity index (χ0n) is 15.0. The summed E-state index contributed by atoms with van der Waals surface area (Å²) in [5.74, 6) is -0.511. The molecule has 0 spiro atoms. The van der Waals surface area contributed by atoms with Gasteiger partial charge in [0.15, 0.2) is 0 Å². The van der Waals surface area contributed by atoms with Crippen LogP contribution in [0.15, 0.2) is 36.5 Å². The van der Waals surface area contributed by atoms with Crippen molar-refractivity contribution in [2.75, 3.05) is 6.26 Å². The van der Waals surface area contributed by atoms with Crippen LogP contribution in [0.5, 0.6) is 0 Å². The van der Waals surface area contributed by atoms with Gasteiger partial charge in [-0.05, 0) is 55.0 Å². The molecule has 2 aliphatic heterocycles. The molecule has 2 fully saturated rings. The zero-order chi connectivity index (χ0) is 19.2. The first-order valence-electron chi connectivity index (χ1n) is 9.05. The van der Waals surface area contributed by atoms with E-state index in [9.17, 15) is 17.6 Å². The molecule has 1 aromatic carbocycles. The topological polar surface area (TPSA) is 82.3 Å². The van der Waals surface area contributed by atoms with Crippen LogP contribution >= 0.6 is 0 Å². The van der Waals surface area contributed by atoms with E-state index in [2.05, 4.69) is 10.3 Å². The van der Waals surface area contributed by atoms with E-state index in [0.717, 1.165) is 24.0 Å². The van der Waals surface area contributed by atoms with Crippen LogP contribution in [-0.4, -0.2) is 48.0 Å². The molecule has 0 aliphatic carbocycles. The molecule has 144 valence electrons. The molecule has 2 atom stereocenters. The van der Waals surface area contributed by atoms with Crippen LogP contribution in [0.2, 0.25) is 0 Å². The van der Waals surface area contributed by atoms with Crippen molar-refractivity contribution in [3.8, 4) is 11.1 Å². The van der Waals surface area contributed by atoms with E-state index in [1.165, 1.54) is 18.4 Å². The van der Waals surface area contributed by atoms with E-state index in [0.29, 0.717) is 18.5 Å². The Morgan fingerprint density at radius 2 is 1.78 bits per heavy atom. The number of fused-ring (bicyclic) bond motifs is 2. The predicted molar refractivity (Wildman–Crippen MR) is 100 cm³/mol. The number of amides is 1. The Kier molecular flexibility index (Phi) is 4.55. The highest BCUT2D eigenvalue weighted by Gasteiger charge is 2.45. The lowest BCUT2D eigenvalue weighted by molar-refractivity contribution is 0.0905. The van der Waals surface area contributed by atoms with Crippen molar-refractivity contribution in [2.45, 2.75) is 43.8 Å². The number of hydrogen-bond donors (Lipinski definition) is 2. The van der Waals surface area contributed by atoms with Crippen molar-refractivity contribution < 1.29 is 17.6 Å². The van der Waals surface area contributed by atoms with E-state index >= 15 is 0 Å². The molecule has 4 rings (SSSR count). The van der Waals surface area contributed by atoms with Gasteiger partial charge in [0.25, 0.3) is 5.91 Å². The van der Waals surface area contributed by atoms with E-state index in [4.69, 9.17) is 0 Å². The molecule has 1 amide bonds. The maximum Gasteiger partial charge on any atom is 0.267 e. The molecule has 6 nitrogen and oxygen atoms in total. The Bertz CT molecular complexity index is 941. The number of halogens is 1. The molecule has 2 aromatic rings. The number of benzene rings is 1. The standard InChI is InChI=1S/C19H22FN3O3S/c1-27(25,26)23-16-6-7-17(23)10-15(9-16)22-19(24)18-8-13(11-21-18)12-2-4-14(20)5-3-12/h2-5,8,11,15-17,21H,6-7,9-10H2,1H3,(H,22,24). The number of hydrogen-bond acceptors (Lipinski definition) is 3. The van der Waals surface area contributed by atoms with Gasteiger partial charge in [-0.2, -0.15) is 4.31 Å². The van der Waals surface area contributed by atoms with Gasteiger partial charge in [0.2, 0.25) is 10.0 Å². The number of nitrogens with one attached hydrogen (secondary N) is 2. The summed E-state index contributed by atoms with van der Waals surface area (Å²) in [6.07, 6.45) is 5.95. The summed E-state index contributed by atoms with van der Waals surface area (Å²) < 4.78 is 38.6. The van der Waals surface area contributed by atoms with Crippen molar-refractivity contribution in [3.63, 3.8) is 0 Å². The number of H-pyrrole nitrogens is 1. The largest absolute Gasteiger partial charge is 0.357 e. The van der Waals surface area contributed by atoms with Gasteiger partial charge in [-0.25, -0.2) is 12.8 Å². The molecule has 2 bridgehead atoms. The van der Waals surface area contributed by atoms with Crippen LogP contribution in [0.4, 0.5) is 4.39 Å². The maximum atomic E-state index is 13.1. The summed E-state index contributed by atoms with van der Waals surface area (Å²) in [6, 6.07) is 7.75. The lowest BCUT2D eigenvalue weighted by Gasteiger charge is -2.37. The lowest BCUT2D eigenvalue weighted by Crippen LogP contribution is -2.52. The van der Waals surface area contributed by atoms with Gasteiger partial charge in [-0.3, -0.25) is 4.79 Å². The first-order chi connectivity index (χ1) is 12.8. The summed E-state index contributed by atoms with van der Waals surface area (Å²) in [5.41, 5.74) is 2.07. The molecule has 27 heavy (non-hydrogen) atoms. The quantitative estimate of drug-likeness (QED) is 0.840. The fraction of sp³-hybridized carbons (Fsp3) is 0.421. The average Bonchev–Trinajstić information content (AvgIpc) is 3.19. The minimum atomic E-state index is -3.21. The SMILES string of the molecule is CS(=O)(=O)N1C2CCC1CC(NC(=O)c1cc(-c3ccc(F)cc3)c[nH]1)C2. The van der Waals surface area contributed by atoms with Gasteiger partial charge in [0.1, 0.15) is 11.5 Å². The summed E-state index contributed by atoms with van der Waals surface area (Å²) in [5, 5.41) is 3.03. The number of sulfonamides is 1. The Hall–Kier alpha value is -2.19. The minimum Gasteiger partial charge on any atom is -0.357 e. The van der Waals surface area contributed by atoms with Crippen LogP contribution in [0.25, 0.3) is 11.1 Å². The summed E-state index contributed by atoms with van der Waals surface area (Å²) in [4.78, 5) is 15.6. The zero-order valence-corrected chi connectivity index (χ0v) is 15.8. The van der Waals surface area contributed by atoms with E-state index in [-0.39, 0.29) is 29.8 Å². The maximum absolute atomic E-state index is 13.1. The Morgan fingerprint density at radius 3 is 2.37 bits per heavy atom. The van der Waals surface area contributed by atoms with Crippen LogP contribution in [-0.2, 0) is 10.0 Å². The Morgan fingerprint density at radius 1 is 1.15 bits per heavy atom. The monoisotopic (exact) mass is 391 g/mol.